The molecular formula is C23H31N5O4S. The van der Waals surface area contributed by atoms with Crippen LogP contribution in [0.25, 0.3) is 10.4 Å². The molecule has 2 N–H and O–H groups in total. The predicted molar refractivity (Wildman–Crippen MR) is 127 cm³/mol. The maximum absolute atomic E-state index is 13.7. The van der Waals surface area contributed by atoms with E-state index in [4.69, 9.17) is 10.6 Å². The van der Waals surface area contributed by atoms with Crippen molar-refractivity contribution in [2.24, 2.45) is 17.0 Å². The van der Waals surface area contributed by atoms with Gasteiger partial charge >= 0.3 is 5.97 Å². The van der Waals surface area contributed by atoms with E-state index in [0.717, 1.165) is 16.9 Å². The lowest BCUT2D eigenvalue weighted by molar-refractivity contribution is -0.138. The third-order valence-electron chi connectivity index (χ3n) is 5.75. The summed E-state index contributed by atoms with van der Waals surface area (Å²) in [6.45, 7) is 8.02. The number of carboxylic acids is 1. The van der Waals surface area contributed by atoms with Crippen LogP contribution in [0.5, 0.6) is 0 Å². The smallest absolute Gasteiger partial charge is 0.355 e. The quantitative estimate of drug-likeness (QED) is 0.252. The van der Waals surface area contributed by atoms with Crippen LogP contribution >= 0.6 is 11.3 Å². The van der Waals surface area contributed by atoms with Gasteiger partial charge in [0.05, 0.1) is 0 Å². The van der Waals surface area contributed by atoms with Gasteiger partial charge in [-0.1, -0.05) is 69.6 Å². The summed E-state index contributed by atoms with van der Waals surface area (Å²) in [4.78, 5) is 33.5. The van der Waals surface area contributed by atoms with Crippen LogP contribution in [0.2, 0.25) is 0 Å². The summed E-state index contributed by atoms with van der Waals surface area (Å²) < 4.78 is 0. The van der Waals surface area contributed by atoms with Gasteiger partial charge in [0.2, 0.25) is 5.91 Å². The number of aromatic carboxylic acids is 1. The molecule has 9 nitrogen and oxygen atoms in total. The second-order valence-electron chi connectivity index (χ2n) is 8.43. The number of rotatable bonds is 12. The van der Waals surface area contributed by atoms with Crippen molar-refractivity contribution < 1.29 is 19.8 Å². The Hall–Kier alpha value is -2.94. The Labute approximate surface area is 197 Å². The molecule has 0 spiro atoms. The van der Waals surface area contributed by atoms with Crippen molar-refractivity contribution in [3.63, 3.8) is 0 Å². The van der Waals surface area contributed by atoms with E-state index < -0.39 is 24.2 Å². The minimum atomic E-state index is -1.16. The van der Waals surface area contributed by atoms with E-state index in [9.17, 15) is 14.7 Å². The number of azide groups is 1. The zero-order valence-corrected chi connectivity index (χ0v) is 20.1. The molecule has 1 heterocycles. The van der Waals surface area contributed by atoms with Gasteiger partial charge in [-0.05, 0) is 22.9 Å². The molecule has 0 aliphatic rings. The fraction of sp³-hybridized carbons (Fsp3) is 0.522. The van der Waals surface area contributed by atoms with Crippen LogP contribution < -0.4 is 0 Å². The van der Waals surface area contributed by atoms with Crippen LogP contribution in [0.15, 0.2) is 40.8 Å². The average molecular weight is 474 g/mol. The topological polar surface area (TPSA) is 139 Å². The van der Waals surface area contributed by atoms with Gasteiger partial charge in [0.25, 0.3) is 0 Å². The molecule has 0 saturated carbocycles. The van der Waals surface area contributed by atoms with Crippen LogP contribution in [-0.2, 0) is 11.3 Å². The highest BCUT2D eigenvalue weighted by Crippen LogP contribution is 2.30. The number of benzene rings is 1. The number of nitrogens with zero attached hydrogens (tertiary/aromatic N) is 5. The molecule has 178 valence electrons. The first-order chi connectivity index (χ1) is 15.7. The van der Waals surface area contributed by atoms with Gasteiger partial charge in [-0.25, -0.2) is 9.78 Å². The van der Waals surface area contributed by atoms with Crippen molar-refractivity contribution in [2.75, 3.05) is 0 Å². The zero-order chi connectivity index (χ0) is 24.5. The minimum Gasteiger partial charge on any atom is -0.476 e. The Morgan fingerprint density at radius 3 is 2.42 bits per heavy atom. The first-order valence-corrected chi connectivity index (χ1v) is 11.8. The molecule has 0 saturated heterocycles. The molecule has 2 aromatic rings. The lowest BCUT2D eigenvalue weighted by atomic mass is 9.92. The molecular weight excluding hydrogens is 442 g/mol. The highest BCUT2D eigenvalue weighted by atomic mass is 32.1. The molecule has 2 rings (SSSR count). The summed E-state index contributed by atoms with van der Waals surface area (Å²) >= 11 is 1.07. The summed E-state index contributed by atoms with van der Waals surface area (Å²) in [6, 6.07) is 8.24. The Morgan fingerprint density at radius 2 is 1.91 bits per heavy atom. The fourth-order valence-corrected chi connectivity index (χ4v) is 4.41. The summed E-state index contributed by atoms with van der Waals surface area (Å²) in [5, 5.41) is 25.5. The first-order valence-electron chi connectivity index (χ1n) is 10.9. The van der Waals surface area contributed by atoms with Gasteiger partial charge in [-0.15, -0.1) is 11.3 Å². The number of carboxylic acid groups (broad SMARTS) is 1. The second kappa shape index (κ2) is 12.3. The molecule has 10 heteroatoms. The SMILES string of the molecule is CC[C@@H](C)[C@H](N=[N+]=[N-])C(=O)N(Cc1ccccc1)[C@H](C[C@@H](O)c1nc(C(=O)O)cs1)C(C)C. The van der Waals surface area contributed by atoms with E-state index in [-0.39, 0.29) is 29.9 Å². The molecule has 0 fully saturated rings. The van der Waals surface area contributed by atoms with Crippen LogP contribution in [0.1, 0.15) is 67.7 Å². The summed E-state index contributed by atoms with van der Waals surface area (Å²) in [7, 11) is 0. The van der Waals surface area contributed by atoms with Crippen molar-refractivity contribution >= 4 is 23.2 Å². The summed E-state index contributed by atoms with van der Waals surface area (Å²) in [5.41, 5.74) is 9.88. The van der Waals surface area contributed by atoms with E-state index >= 15 is 0 Å². The normalized spacial score (nSPS) is 14.7. The van der Waals surface area contributed by atoms with Gasteiger partial charge in [-0.3, -0.25) is 4.79 Å². The highest BCUT2D eigenvalue weighted by molar-refractivity contribution is 7.09. The van der Waals surface area contributed by atoms with Gasteiger partial charge in [0.1, 0.15) is 17.2 Å². The summed E-state index contributed by atoms with van der Waals surface area (Å²) in [6.07, 6.45) is -0.199. The minimum absolute atomic E-state index is 0.0325. The maximum atomic E-state index is 13.7. The third kappa shape index (κ3) is 7.02. The molecule has 0 bridgehead atoms. The van der Waals surface area contributed by atoms with E-state index in [1.165, 1.54) is 5.38 Å². The first kappa shape index (κ1) is 26.3. The van der Waals surface area contributed by atoms with Gasteiger partial charge in [0, 0.05) is 29.3 Å². The molecule has 0 radical (unpaired) electrons. The van der Waals surface area contributed by atoms with E-state index in [2.05, 4.69) is 15.0 Å². The molecule has 1 aromatic heterocycles. The molecule has 0 aliphatic heterocycles. The molecule has 1 aromatic carbocycles. The molecule has 1 amide bonds. The Balaban J connectivity index is 2.41. The number of carbonyl (C=O) groups excluding carboxylic acids is 1. The fourth-order valence-electron chi connectivity index (χ4n) is 3.62. The van der Waals surface area contributed by atoms with Crippen molar-refractivity contribution in [2.45, 2.75) is 65.3 Å². The standard InChI is InChI=1S/C23H31N5O4S/c1-5-15(4)20(26-27-24)22(30)28(12-16-9-7-6-8-10-16)18(14(2)3)11-19(29)21-25-17(13-33-21)23(31)32/h6-10,13-15,18-20,29H,5,11-12H2,1-4H3,(H,31,32)/t15-,18-,19-,20+/m1/s1. The number of hydrogen-bond donors (Lipinski definition) is 2. The Morgan fingerprint density at radius 1 is 1.24 bits per heavy atom. The van der Waals surface area contributed by atoms with Crippen molar-refractivity contribution in [1.29, 1.82) is 0 Å². The second-order valence-corrected chi connectivity index (χ2v) is 9.32. The number of aliphatic hydroxyl groups excluding tert-OH is 1. The van der Waals surface area contributed by atoms with Crippen LogP contribution in [0.3, 0.4) is 0 Å². The van der Waals surface area contributed by atoms with E-state index in [1.807, 2.05) is 58.0 Å². The van der Waals surface area contributed by atoms with Gasteiger partial charge < -0.3 is 15.1 Å². The number of hydrogen-bond acceptors (Lipinski definition) is 6. The van der Waals surface area contributed by atoms with Crippen molar-refractivity contribution in [3.05, 3.63) is 62.4 Å². The van der Waals surface area contributed by atoms with Crippen molar-refractivity contribution in [1.82, 2.24) is 9.88 Å². The van der Waals surface area contributed by atoms with E-state index in [0.29, 0.717) is 18.0 Å². The monoisotopic (exact) mass is 473 g/mol. The molecule has 0 unspecified atom stereocenters. The van der Waals surface area contributed by atoms with Gasteiger partial charge in [-0.2, -0.15) is 0 Å². The predicted octanol–water partition coefficient (Wildman–Crippen LogP) is 5.04. The third-order valence-corrected chi connectivity index (χ3v) is 6.70. The zero-order valence-electron chi connectivity index (χ0n) is 19.3. The number of amides is 1. The maximum Gasteiger partial charge on any atom is 0.355 e. The summed E-state index contributed by atoms with van der Waals surface area (Å²) in [5.74, 6) is -1.63. The number of aromatic nitrogens is 1. The Bertz CT molecular complexity index is 974. The van der Waals surface area contributed by atoms with Crippen LogP contribution in [-0.4, -0.2) is 44.1 Å². The van der Waals surface area contributed by atoms with Crippen LogP contribution in [0, 0.1) is 11.8 Å². The lowest BCUT2D eigenvalue weighted by Gasteiger charge is -2.38. The van der Waals surface area contributed by atoms with E-state index in [1.54, 1.807) is 4.90 Å². The molecule has 33 heavy (non-hydrogen) atoms. The van der Waals surface area contributed by atoms with Crippen molar-refractivity contribution in [3.8, 4) is 0 Å². The Kier molecular flexibility index (Phi) is 9.84. The largest absolute Gasteiger partial charge is 0.476 e. The molecule has 4 atom stereocenters. The number of aliphatic hydroxyl groups is 1. The highest BCUT2D eigenvalue weighted by Gasteiger charge is 2.35. The molecule has 0 aliphatic carbocycles. The lowest BCUT2D eigenvalue weighted by Crippen LogP contribution is -2.48. The van der Waals surface area contributed by atoms with Gasteiger partial charge in [0.15, 0.2) is 5.69 Å². The number of carbonyl (C=O) groups is 2. The average Bonchev–Trinajstić information content (AvgIpc) is 3.30. The van der Waals surface area contributed by atoms with Crippen LogP contribution in [0.4, 0.5) is 0 Å². The number of thiazole rings is 1.